The van der Waals surface area contributed by atoms with Gasteiger partial charge in [-0.2, -0.15) is 5.10 Å². The van der Waals surface area contributed by atoms with Crippen molar-refractivity contribution in [3.63, 3.8) is 0 Å². The molecule has 0 radical (unpaired) electrons. The van der Waals surface area contributed by atoms with E-state index in [0.717, 1.165) is 34.1 Å². The minimum absolute atomic E-state index is 0.236. The van der Waals surface area contributed by atoms with Crippen molar-refractivity contribution in [1.29, 1.82) is 0 Å². The molecule has 0 bridgehead atoms. The SMILES string of the molecule is Cc1ccc(C(=O)N/N=C/c2cc(I)c(OCc3ccc(Br)cc3)c(I)c2)cc1. The van der Waals surface area contributed by atoms with Gasteiger partial charge in [-0.3, -0.25) is 4.79 Å². The fourth-order valence-corrected chi connectivity index (χ4v) is 4.86. The van der Waals surface area contributed by atoms with Crippen LogP contribution in [-0.4, -0.2) is 12.1 Å². The van der Waals surface area contributed by atoms with Crippen LogP contribution in [0.2, 0.25) is 0 Å². The summed E-state index contributed by atoms with van der Waals surface area (Å²) >= 11 is 7.94. The average Bonchev–Trinajstić information content (AvgIpc) is 2.69. The first-order chi connectivity index (χ1) is 13.9. The zero-order valence-corrected chi connectivity index (χ0v) is 21.4. The molecule has 0 saturated heterocycles. The lowest BCUT2D eigenvalue weighted by molar-refractivity contribution is 0.0955. The van der Waals surface area contributed by atoms with Crippen LogP contribution in [0, 0.1) is 14.1 Å². The molecule has 29 heavy (non-hydrogen) atoms. The van der Waals surface area contributed by atoms with E-state index < -0.39 is 0 Å². The Balaban J connectivity index is 1.63. The number of ether oxygens (including phenoxy) is 1. The van der Waals surface area contributed by atoms with Gasteiger partial charge in [-0.15, -0.1) is 0 Å². The molecule has 0 aromatic heterocycles. The van der Waals surface area contributed by atoms with Crippen molar-refractivity contribution in [3.05, 3.63) is 94.5 Å². The van der Waals surface area contributed by atoms with Crippen LogP contribution in [0.4, 0.5) is 0 Å². The van der Waals surface area contributed by atoms with Gasteiger partial charge in [0.2, 0.25) is 0 Å². The maximum Gasteiger partial charge on any atom is 0.271 e. The Kier molecular flexibility index (Phi) is 8.07. The van der Waals surface area contributed by atoms with Crippen LogP contribution < -0.4 is 10.2 Å². The van der Waals surface area contributed by atoms with Crippen LogP contribution in [0.3, 0.4) is 0 Å². The molecule has 0 aliphatic heterocycles. The summed E-state index contributed by atoms with van der Waals surface area (Å²) in [6.07, 6.45) is 1.63. The predicted octanol–water partition coefficient (Wildman–Crippen LogP) is 6.31. The molecule has 0 unspecified atom stereocenters. The molecule has 3 aromatic carbocycles. The Hall–Kier alpha value is -1.46. The third kappa shape index (κ3) is 6.51. The summed E-state index contributed by atoms with van der Waals surface area (Å²) in [6, 6.07) is 19.4. The fraction of sp³-hybridized carbons (Fsp3) is 0.0909. The van der Waals surface area contributed by atoms with Crippen molar-refractivity contribution >= 4 is 73.2 Å². The molecule has 1 N–H and O–H groups in total. The minimum atomic E-state index is -0.236. The van der Waals surface area contributed by atoms with Crippen LogP contribution >= 0.6 is 61.1 Å². The Morgan fingerprint density at radius 3 is 2.31 bits per heavy atom. The Labute approximate surface area is 205 Å². The molecule has 0 saturated carbocycles. The zero-order valence-electron chi connectivity index (χ0n) is 15.5. The Morgan fingerprint density at radius 1 is 1.07 bits per heavy atom. The van der Waals surface area contributed by atoms with Crippen LogP contribution in [-0.2, 0) is 6.61 Å². The van der Waals surface area contributed by atoms with Gasteiger partial charge in [-0.05, 0) is 99.6 Å². The van der Waals surface area contributed by atoms with Crippen molar-refractivity contribution in [1.82, 2.24) is 5.43 Å². The molecule has 7 heteroatoms. The molecule has 4 nitrogen and oxygen atoms in total. The quantitative estimate of drug-likeness (QED) is 0.189. The number of hydrogen-bond donors (Lipinski definition) is 1. The Morgan fingerprint density at radius 2 is 1.69 bits per heavy atom. The van der Waals surface area contributed by atoms with Gasteiger partial charge in [0.1, 0.15) is 12.4 Å². The number of nitrogens with zero attached hydrogens (tertiary/aromatic N) is 1. The zero-order chi connectivity index (χ0) is 20.8. The van der Waals surface area contributed by atoms with Gasteiger partial charge < -0.3 is 4.74 Å². The number of amides is 1. The summed E-state index contributed by atoms with van der Waals surface area (Å²) in [5, 5.41) is 4.08. The van der Waals surface area contributed by atoms with Gasteiger partial charge >= 0.3 is 0 Å². The topological polar surface area (TPSA) is 50.7 Å². The molecule has 1 amide bonds. The summed E-state index contributed by atoms with van der Waals surface area (Å²) in [5.41, 5.74) is 6.24. The van der Waals surface area contributed by atoms with Crippen molar-refractivity contribution in [2.75, 3.05) is 0 Å². The third-order valence-electron chi connectivity index (χ3n) is 4.01. The third-order valence-corrected chi connectivity index (χ3v) is 6.14. The number of hydrazone groups is 1. The van der Waals surface area contributed by atoms with Crippen molar-refractivity contribution in [2.45, 2.75) is 13.5 Å². The second kappa shape index (κ2) is 10.5. The van der Waals surface area contributed by atoms with Crippen molar-refractivity contribution in [2.24, 2.45) is 5.10 Å². The first-order valence-electron chi connectivity index (χ1n) is 8.69. The van der Waals surface area contributed by atoms with Gasteiger partial charge in [-0.1, -0.05) is 45.8 Å². The first-order valence-corrected chi connectivity index (χ1v) is 11.6. The second-order valence-electron chi connectivity index (χ2n) is 6.29. The average molecular weight is 675 g/mol. The first kappa shape index (κ1) is 22.2. The second-order valence-corrected chi connectivity index (χ2v) is 9.53. The summed E-state index contributed by atoms with van der Waals surface area (Å²) in [7, 11) is 0. The molecule has 0 aliphatic carbocycles. The van der Waals surface area contributed by atoms with Crippen molar-refractivity contribution < 1.29 is 9.53 Å². The summed E-state index contributed by atoms with van der Waals surface area (Å²) < 4.78 is 9.03. The standard InChI is InChI=1S/C22H17BrI2N2O2/c1-14-2-6-17(7-3-14)22(28)27-26-12-16-10-19(24)21(20(25)11-16)29-13-15-4-8-18(23)9-5-15/h2-12H,13H2,1H3,(H,27,28)/b26-12+. The molecule has 0 aliphatic rings. The highest BCUT2D eigenvalue weighted by atomic mass is 127. The number of rotatable bonds is 6. The van der Waals surface area contributed by atoms with E-state index in [1.807, 2.05) is 55.5 Å². The van der Waals surface area contributed by atoms with Crippen LogP contribution in [0.5, 0.6) is 5.75 Å². The van der Waals surface area contributed by atoms with E-state index in [1.165, 1.54) is 0 Å². The largest absolute Gasteiger partial charge is 0.487 e. The fourth-order valence-electron chi connectivity index (χ4n) is 2.46. The highest BCUT2D eigenvalue weighted by Gasteiger charge is 2.09. The van der Waals surface area contributed by atoms with Crippen LogP contribution in [0.25, 0.3) is 0 Å². The predicted molar refractivity (Wildman–Crippen MR) is 137 cm³/mol. The molecule has 3 rings (SSSR count). The molecular weight excluding hydrogens is 658 g/mol. The van der Waals surface area contributed by atoms with E-state index in [-0.39, 0.29) is 5.91 Å². The van der Waals surface area contributed by atoms with E-state index in [9.17, 15) is 4.79 Å². The van der Waals surface area contributed by atoms with E-state index in [2.05, 4.69) is 71.6 Å². The summed E-state index contributed by atoms with van der Waals surface area (Å²) in [5.74, 6) is 0.607. The number of hydrogen-bond acceptors (Lipinski definition) is 3. The monoisotopic (exact) mass is 674 g/mol. The summed E-state index contributed by atoms with van der Waals surface area (Å²) in [6.45, 7) is 2.48. The maximum absolute atomic E-state index is 12.1. The maximum atomic E-state index is 12.1. The summed E-state index contributed by atoms with van der Waals surface area (Å²) in [4.78, 5) is 12.1. The minimum Gasteiger partial charge on any atom is -0.487 e. The normalized spacial score (nSPS) is 10.9. The number of carbonyl (C=O) groups is 1. The lowest BCUT2D eigenvalue weighted by Crippen LogP contribution is -2.17. The number of nitrogens with one attached hydrogen (secondary N) is 1. The molecule has 0 heterocycles. The van der Waals surface area contributed by atoms with Gasteiger partial charge in [-0.25, -0.2) is 5.43 Å². The van der Waals surface area contributed by atoms with Crippen molar-refractivity contribution in [3.8, 4) is 5.75 Å². The highest BCUT2D eigenvalue weighted by Crippen LogP contribution is 2.29. The smallest absolute Gasteiger partial charge is 0.271 e. The van der Waals surface area contributed by atoms with E-state index in [4.69, 9.17) is 4.74 Å². The number of benzene rings is 3. The molecule has 3 aromatic rings. The van der Waals surface area contributed by atoms with Gasteiger partial charge in [0.25, 0.3) is 5.91 Å². The van der Waals surface area contributed by atoms with Gasteiger partial charge in [0.05, 0.1) is 13.4 Å². The van der Waals surface area contributed by atoms with E-state index >= 15 is 0 Å². The van der Waals surface area contributed by atoms with Gasteiger partial charge in [0, 0.05) is 10.0 Å². The molecular formula is C22H17BrI2N2O2. The van der Waals surface area contributed by atoms with Gasteiger partial charge in [0.15, 0.2) is 0 Å². The van der Waals surface area contributed by atoms with Crippen LogP contribution in [0.1, 0.15) is 27.0 Å². The van der Waals surface area contributed by atoms with E-state index in [0.29, 0.717) is 12.2 Å². The lowest BCUT2D eigenvalue weighted by atomic mass is 10.1. The number of aryl methyl sites for hydroxylation is 1. The number of carbonyl (C=O) groups excluding carboxylic acids is 1. The molecule has 148 valence electrons. The molecule has 0 fully saturated rings. The Bertz CT molecular complexity index is 1010. The highest BCUT2D eigenvalue weighted by molar-refractivity contribution is 14.1. The number of halogens is 3. The van der Waals surface area contributed by atoms with E-state index in [1.54, 1.807) is 18.3 Å². The van der Waals surface area contributed by atoms with Crippen LogP contribution in [0.15, 0.2) is 70.2 Å². The molecule has 0 spiro atoms. The molecule has 0 atom stereocenters. The lowest BCUT2D eigenvalue weighted by Gasteiger charge is -2.11.